The second-order valence-electron chi connectivity index (χ2n) is 6.37. The summed E-state index contributed by atoms with van der Waals surface area (Å²) in [5, 5.41) is 11.5. The SMILES string of the molecule is COC(=O)c1ccc(F)c(C2CN(Cc3ccccc3)CC2[N+](=O)[O-])c1. The second-order valence-corrected chi connectivity index (χ2v) is 6.37. The van der Waals surface area contributed by atoms with Crippen LogP contribution in [0.2, 0.25) is 0 Å². The first-order chi connectivity index (χ1) is 12.5. The molecular weight excluding hydrogens is 339 g/mol. The summed E-state index contributed by atoms with van der Waals surface area (Å²) in [5.74, 6) is -1.77. The highest BCUT2D eigenvalue weighted by molar-refractivity contribution is 5.89. The number of rotatable bonds is 5. The van der Waals surface area contributed by atoms with Gasteiger partial charge in [-0.15, -0.1) is 0 Å². The quantitative estimate of drug-likeness (QED) is 0.467. The Morgan fingerprint density at radius 1 is 1.27 bits per heavy atom. The molecule has 0 amide bonds. The predicted octanol–water partition coefficient (Wildman–Crippen LogP) is 2.86. The molecular formula is C19H19FN2O4. The van der Waals surface area contributed by atoms with Gasteiger partial charge in [-0.05, 0) is 29.3 Å². The highest BCUT2D eigenvalue weighted by atomic mass is 19.1. The lowest BCUT2D eigenvalue weighted by Gasteiger charge is -2.16. The third kappa shape index (κ3) is 3.72. The van der Waals surface area contributed by atoms with Crippen LogP contribution in [0.4, 0.5) is 4.39 Å². The fourth-order valence-electron chi connectivity index (χ4n) is 3.43. The van der Waals surface area contributed by atoms with E-state index in [1.165, 1.54) is 25.3 Å². The predicted molar refractivity (Wildman–Crippen MR) is 93.0 cm³/mol. The van der Waals surface area contributed by atoms with E-state index < -0.39 is 23.7 Å². The van der Waals surface area contributed by atoms with Crippen LogP contribution >= 0.6 is 0 Å². The molecule has 1 heterocycles. The van der Waals surface area contributed by atoms with Gasteiger partial charge in [-0.1, -0.05) is 30.3 Å². The van der Waals surface area contributed by atoms with Gasteiger partial charge in [0, 0.05) is 18.0 Å². The van der Waals surface area contributed by atoms with Crippen LogP contribution in [-0.4, -0.2) is 42.0 Å². The number of esters is 1. The van der Waals surface area contributed by atoms with E-state index in [2.05, 4.69) is 4.74 Å². The van der Waals surface area contributed by atoms with Gasteiger partial charge >= 0.3 is 5.97 Å². The van der Waals surface area contributed by atoms with Crippen molar-refractivity contribution in [1.82, 2.24) is 4.90 Å². The summed E-state index contributed by atoms with van der Waals surface area (Å²) < 4.78 is 19.0. The number of benzene rings is 2. The molecule has 0 aromatic heterocycles. The lowest BCUT2D eigenvalue weighted by molar-refractivity contribution is -0.521. The van der Waals surface area contributed by atoms with Gasteiger partial charge in [0.05, 0.1) is 25.1 Å². The molecule has 1 fully saturated rings. The summed E-state index contributed by atoms with van der Waals surface area (Å²) in [4.78, 5) is 24.8. The molecule has 0 saturated carbocycles. The lowest BCUT2D eigenvalue weighted by Crippen LogP contribution is -2.28. The summed E-state index contributed by atoms with van der Waals surface area (Å²) in [5.41, 5.74) is 1.41. The Hall–Kier alpha value is -2.80. The summed E-state index contributed by atoms with van der Waals surface area (Å²) >= 11 is 0. The molecule has 0 radical (unpaired) electrons. The molecule has 0 aliphatic carbocycles. The van der Waals surface area contributed by atoms with E-state index in [1.807, 2.05) is 35.2 Å². The lowest BCUT2D eigenvalue weighted by atomic mass is 9.92. The molecule has 2 aromatic carbocycles. The number of hydrogen-bond donors (Lipinski definition) is 0. The Morgan fingerprint density at radius 3 is 2.65 bits per heavy atom. The average Bonchev–Trinajstić information content (AvgIpc) is 3.06. The van der Waals surface area contributed by atoms with Gasteiger partial charge in [0.2, 0.25) is 6.04 Å². The number of hydrogen-bond acceptors (Lipinski definition) is 5. The molecule has 7 heteroatoms. The molecule has 1 aliphatic rings. The molecule has 136 valence electrons. The molecule has 0 N–H and O–H groups in total. The van der Waals surface area contributed by atoms with E-state index in [0.717, 1.165) is 5.56 Å². The van der Waals surface area contributed by atoms with Gasteiger partial charge in [-0.3, -0.25) is 15.0 Å². The second kappa shape index (κ2) is 7.61. The fourth-order valence-corrected chi connectivity index (χ4v) is 3.43. The highest BCUT2D eigenvalue weighted by Gasteiger charge is 2.43. The minimum absolute atomic E-state index is 0.185. The van der Waals surface area contributed by atoms with E-state index in [0.29, 0.717) is 13.1 Å². The third-order valence-electron chi connectivity index (χ3n) is 4.70. The fraction of sp³-hybridized carbons (Fsp3) is 0.316. The smallest absolute Gasteiger partial charge is 0.337 e. The highest BCUT2D eigenvalue weighted by Crippen LogP contribution is 2.32. The molecule has 2 aromatic rings. The van der Waals surface area contributed by atoms with E-state index in [4.69, 9.17) is 0 Å². The Bertz CT molecular complexity index is 812. The number of nitro groups is 1. The summed E-state index contributed by atoms with van der Waals surface area (Å²) in [6.45, 7) is 1.14. The van der Waals surface area contributed by atoms with Crippen molar-refractivity contribution in [3.05, 3.63) is 81.2 Å². The number of halogens is 1. The van der Waals surface area contributed by atoms with Crippen LogP contribution in [0.3, 0.4) is 0 Å². The van der Waals surface area contributed by atoms with Crippen molar-refractivity contribution < 1.29 is 18.8 Å². The Labute approximate surface area is 150 Å². The number of carbonyl (C=O) groups is 1. The normalized spacial score (nSPS) is 20.1. The Balaban J connectivity index is 1.87. The van der Waals surface area contributed by atoms with Crippen LogP contribution in [0.15, 0.2) is 48.5 Å². The average molecular weight is 358 g/mol. The van der Waals surface area contributed by atoms with Crippen LogP contribution in [0.5, 0.6) is 0 Å². The standard InChI is InChI=1S/C19H19FN2O4/c1-26-19(23)14-7-8-17(20)15(9-14)16-11-21(12-18(16)22(24)25)10-13-5-3-2-4-6-13/h2-9,16,18H,10-12H2,1H3. The van der Waals surface area contributed by atoms with E-state index in [-0.39, 0.29) is 22.6 Å². The zero-order valence-electron chi connectivity index (χ0n) is 14.3. The van der Waals surface area contributed by atoms with Crippen molar-refractivity contribution in [3.63, 3.8) is 0 Å². The van der Waals surface area contributed by atoms with Crippen molar-refractivity contribution in [2.24, 2.45) is 0 Å². The first-order valence-corrected chi connectivity index (χ1v) is 8.27. The maximum atomic E-state index is 14.4. The summed E-state index contributed by atoms with van der Waals surface area (Å²) in [7, 11) is 1.24. The molecule has 1 saturated heterocycles. The third-order valence-corrected chi connectivity index (χ3v) is 4.70. The van der Waals surface area contributed by atoms with Crippen molar-refractivity contribution in [2.75, 3.05) is 20.2 Å². The number of nitrogens with zero attached hydrogens (tertiary/aromatic N) is 2. The topological polar surface area (TPSA) is 72.7 Å². The van der Waals surface area contributed by atoms with Crippen LogP contribution in [-0.2, 0) is 11.3 Å². The van der Waals surface area contributed by atoms with Crippen molar-refractivity contribution in [1.29, 1.82) is 0 Å². The maximum absolute atomic E-state index is 14.4. The summed E-state index contributed by atoms with van der Waals surface area (Å²) in [6.07, 6.45) is 0. The van der Waals surface area contributed by atoms with Crippen molar-refractivity contribution in [2.45, 2.75) is 18.5 Å². The first kappa shape index (κ1) is 18.0. The minimum atomic E-state index is -0.930. The van der Waals surface area contributed by atoms with Gasteiger partial charge in [0.1, 0.15) is 5.82 Å². The minimum Gasteiger partial charge on any atom is -0.465 e. The van der Waals surface area contributed by atoms with E-state index in [9.17, 15) is 19.3 Å². The van der Waals surface area contributed by atoms with Crippen LogP contribution in [0, 0.1) is 15.9 Å². The van der Waals surface area contributed by atoms with Crippen LogP contribution in [0.25, 0.3) is 0 Å². The number of ether oxygens (including phenoxy) is 1. The van der Waals surface area contributed by atoms with E-state index in [1.54, 1.807) is 0 Å². The Morgan fingerprint density at radius 2 is 2.00 bits per heavy atom. The molecule has 2 unspecified atom stereocenters. The molecule has 1 aliphatic heterocycles. The van der Waals surface area contributed by atoms with Gasteiger partial charge in [0.15, 0.2) is 0 Å². The largest absolute Gasteiger partial charge is 0.465 e. The van der Waals surface area contributed by atoms with Crippen LogP contribution < -0.4 is 0 Å². The monoisotopic (exact) mass is 358 g/mol. The van der Waals surface area contributed by atoms with Gasteiger partial charge < -0.3 is 4.74 Å². The molecule has 3 rings (SSSR count). The van der Waals surface area contributed by atoms with Gasteiger partial charge in [0.25, 0.3) is 0 Å². The Kier molecular flexibility index (Phi) is 5.27. The maximum Gasteiger partial charge on any atom is 0.337 e. The molecule has 6 nitrogen and oxygen atoms in total. The number of methoxy groups -OCH3 is 1. The van der Waals surface area contributed by atoms with E-state index >= 15 is 0 Å². The summed E-state index contributed by atoms with van der Waals surface area (Å²) in [6, 6.07) is 12.6. The number of likely N-dealkylation sites (tertiary alicyclic amines) is 1. The van der Waals surface area contributed by atoms with Gasteiger partial charge in [-0.2, -0.15) is 0 Å². The molecule has 0 bridgehead atoms. The molecule has 0 spiro atoms. The van der Waals surface area contributed by atoms with Crippen molar-refractivity contribution in [3.8, 4) is 0 Å². The zero-order chi connectivity index (χ0) is 18.7. The van der Waals surface area contributed by atoms with Gasteiger partial charge in [-0.25, -0.2) is 9.18 Å². The molecule has 2 atom stereocenters. The van der Waals surface area contributed by atoms with Crippen LogP contribution in [0.1, 0.15) is 27.4 Å². The number of carbonyl (C=O) groups excluding carboxylic acids is 1. The van der Waals surface area contributed by atoms with Crippen molar-refractivity contribution >= 4 is 5.97 Å². The zero-order valence-corrected chi connectivity index (χ0v) is 14.3. The first-order valence-electron chi connectivity index (χ1n) is 8.27. The molecule has 26 heavy (non-hydrogen) atoms.